The summed E-state index contributed by atoms with van der Waals surface area (Å²) < 4.78 is 11.8. The van der Waals surface area contributed by atoms with E-state index in [0.717, 1.165) is 4.90 Å². The van der Waals surface area contributed by atoms with E-state index < -0.39 is 10.8 Å². The molecule has 0 aromatic heterocycles. The third-order valence-electron chi connectivity index (χ3n) is 1.94. The van der Waals surface area contributed by atoms with Crippen molar-refractivity contribution in [3.8, 4) is 0 Å². The molecule has 0 fully saturated rings. The van der Waals surface area contributed by atoms with Gasteiger partial charge in [0.05, 0.1) is 10.8 Å². The lowest BCUT2D eigenvalue weighted by Gasteiger charge is -2.10. The second-order valence-corrected chi connectivity index (χ2v) is 6.12. The zero-order valence-corrected chi connectivity index (χ0v) is 10.6. The Morgan fingerprint density at radius 1 is 1.13 bits per heavy atom. The topological polar surface area (TPSA) is 17.1 Å². The van der Waals surface area contributed by atoms with Crippen LogP contribution in [0.5, 0.6) is 0 Å². The third-order valence-corrected chi connectivity index (χ3v) is 3.06. The molecule has 0 spiro atoms. The van der Waals surface area contributed by atoms with Crippen LogP contribution in [0.15, 0.2) is 40.6 Å². The molecule has 82 valence electrons. The molecule has 0 aliphatic rings. The summed E-state index contributed by atoms with van der Waals surface area (Å²) in [6, 6.07) is 7.80. The van der Waals surface area contributed by atoms with E-state index in [1.807, 2.05) is 37.3 Å². The number of allylic oxidation sites excluding steroid dienone is 1. The van der Waals surface area contributed by atoms with Gasteiger partial charge in [0.15, 0.2) is 0 Å². The largest absolute Gasteiger partial charge is 0.250 e. The Labute approximate surface area is 94.7 Å². The summed E-state index contributed by atoms with van der Waals surface area (Å²) >= 11 is 0. The minimum absolute atomic E-state index is 0.0837. The van der Waals surface area contributed by atoms with E-state index in [-0.39, 0.29) is 5.41 Å². The van der Waals surface area contributed by atoms with Crippen molar-refractivity contribution in [2.45, 2.75) is 32.6 Å². The first-order valence-electron chi connectivity index (χ1n) is 5.05. The van der Waals surface area contributed by atoms with Crippen LogP contribution in [0.4, 0.5) is 0 Å². The van der Waals surface area contributed by atoms with Gasteiger partial charge >= 0.3 is 0 Å². The number of aryl methyl sites for hydroxylation is 1. The van der Waals surface area contributed by atoms with Gasteiger partial charge in [-0.25, -0.2) is 4.21 Å². The fraction of sp³-hybridized carbons (Fsp3) is 0.385. The van der Waals surface area contributed by atoms with E-state index in [1.54, 1.807) is 5.41 Å². The first-order valence-corrected chi connectivity index (χ1v) is 6.26. The van der Waals surface area contributed by atoms with E-state index in [9.17, 15) is 4.21 Å². The van der Waals surface area contributed by atoms with Gasteiger partial charge in [0.1, 0.15) is 0 Å². The van der Waals surface area contributed by atoms with Crippen LogP contribution in [0.25, 0.3) is 0 Å². The van der Waals surface area contributed by atoms with Crippen molar-refractivity contribution in [2.75, 3.05) is 0 Å². The first-order chi connectivity index (χ1) is 6.88. The summed E-state index contributed by atoms with van der Waals surface area (Å²) in [6.07, 6.45) is 1.99. The molecule has 0 saturated heterocycles. The summed E-state index contributed by atoms with van der Waals surface area (Å²) in [5.74, 6) is 0. The van der Waals surface area contributed by atoms with Gasteiger partial charge < -0.3 is 0 Å². The van der Waals surface area contributed by atoms with Crippen molar-refractivity contribution in [3.63, 3.8) is 0 Å². The van der Waals surface area contributed by atoms with Crippen LogP contribution in [0.3, 0.4) is 0 Å². The maximum Gasteiger partial charge on any atom is 0.0772 e. The van der Waals surface area contributed by atoms with Crippen molar-refractivity contribution in [3.05, 3.63) is 41.3 Å². The smallest absolute Gasteiger partial charge is 0.0772 e. The highest BCUT2D eigenvalue weighted by atomic mass is 32.2. The Bertz CT molecular complexity index is 369. The Balaban J connectivity index is 2.78. The van der Waals surface area contributed by atoms with Crippen LogP contribution in [-0.4, -0.2) is 4.21 Å². The van der Waals surface area contributed by atoms with Crippen LogP contribution in [0, 0.1) is 12.3 Å². The highest BCUT2D eigenvalue weighted by molar-refractivity contribution is 7.88. The molecule has 0 aliphatic carbocycles. The highest BCUT2D eigenvalue weighted by Gasteiger charge is 2.05. The molecule has 0 bridgehead atoms. The minimum Gasteiger partial charge on any atom is -0.250 e. The van der Waals surface area contributed by atoms with Gasteiger partial charge in [0.25, 0.3) is 0 Å². The maximum absolute atomic E-state index is 11.8. The maximum atomic E-state index is 11.8. The average molecular weight is 222 g/mol. The van der Waals surface area contributed by atoms with Crippen molar-refractivity contribution < 1.29 is 4.21 Å². The quantitative estimate of drug-likeness (QED) is 0.746. The third kappa shape index (κ3) is 4.43. The molecule has 0 unspecified atom stereocenters. The van der Waals surface area contributed by atoms with Crippen LogP contribution < -0.4 is 0 Å². The summed E-state index contributed by atoms with van der Waals surface area (Å²) in [7, 11) is -1.02. The zero-order valence-electron chi connectivity index (χ0n) is 9.78. The normalized spacial score (nSPS) is 14.4. The zero-order chi connectivity index (χ0) is 11.5. The molecule has 1 nitrogen and oxygen atoms in total. The number of benzene rings is 1. The molecule has 1 aromatic carbocycles. The van der Waals surface area contributed by atoms with Crippen LogP contribution in [0.2, 0.25) is 0 Å². The van der Waals surface area contributed by atoms with Gasteiger partial charge in [-0.1, -0.05) is 44.5 Å². The first kappa shape index (κ1) is 12.2. The second kappa shape index (κ2) is 4.75. The lowest BCUT2D eigenvalue weighted by molar-refractivity contribution is 0.545. The lowest BCUT2D eigenvalue weighted by Crippen LogP contribution is -1.99. The molecule has 1 aromatic rings. The van der Waals surface area contributed by atoms with Crippen molar-refractivity contribution >= 4 is 10.8 Å². The van der Waals surface area contributed by atoms with Crippen molar-refractivity contribution in [1.82, 2.24) is 0 Å². The fourth-order valence-electron chi connectivity index (χ4n) is 1.02. The Hall–Kier alpha value is -0.890. The minimum atomic E-state index is -1.02. The van der Waals surface area contributed by atoms with E-state index >= 15 is 0 Å². The monoisotopic (exact) mass is 222 g/mol. The SMILES string of the molecule is Cc1ccc([S@](=O)C=CC(C)(C)C)cc1. The Morgan fingerprint density at radius 3 is 2.13 bits per heavy atom. The van der Waals surface area contributed by atoms with E-state index in [2.05, 4.69) is 20.8 Å². The molecule has 0 aliphatic heterocycles. The van der Waals surface area contributed by atoms with Crippen LogP contribution in [-0.2, 0) is 10.8 Å². The molecule has 0 saturated carbocycles. The van der Waals surface area contributed by atoms with Gasteiger partial charge in [-0.3, -0.25) is 0 Å². The standard InChI is InChI=1S/C13H18OS/c1-11-5-7-12(8-6-11)15(14)10-9-13(2,3)4/h5-10H,1-4H3/t15-/m1/s1. The van der Waals surface area contributed by atoms with Crippen LogP contribution >= 0.6 is 0 Å². The molecule has 0 N–H and O–H groups in total. The predicted octanol–water partition coefficient (Wildman–Crippen LogP) is 3.66. The summed E-state index contributed by atoms with van der Waals surface area (Å²) in [6.45, 7) is 8.30. The molecule has 1 rings (SSSR count). The summed E-state index contributed by atoms with van der Waals surface area (Å²) in [5.41, 5.74) is 1.27. The number of hydrogen-bond donors (Lipinski definition) is 0. The lowest BCUT2D eigenvalue weighted by atomic mass is 9.98. The van der Waals surface area contributed by atoms with Gasteiger partial charge in [-0.15, -0.1) is 0 Å². The van der Waals surface area contributed by atoms with E-state index in [4.69, 9.17) is 0 Å². The summed E-state index contributed by atoms with van der Waals surface area (Å²) in [4.78, 5) is 0.862. The highest BCUT2D eigenvalue weighted by Crippen LogP contribution is 2.17. The Kier molecular flexibility index (Phi) is 3.86. The van der Waals surface area contributed by atoms with E-state index in [0.29, 0.717) is 0 Å². The molecule has 0 amide bonds. The van der Waals surface area contributed by atoms with Crippen molar-refractivity contribution in [2.24, 2.45) is 5.41 Å². The van der Waals surface area contributed by atoms with Crippen LogP contribution in [0.1, 0.15) is 26.3 Å². The van der Waals surface area contributed by atoms with Gasteiger partial charge in [-0.2, -0.15) is 0 Å². The van der Waals surface area contributed by atoms with Gasteiger partial charge in [-0.05, 0) is 24.5 Å². The number of rotatable bonds is 2. The van der Waals surface area contributed by atoms with Gasteiger partial charge in [0.2, 0.25) is 0 Å². The summed E-state index contributed by atoms with van der Waals surface area (Å²) in [5, 5.41) is 1.77. The fourth-order valence-corrected chi connectivity index (χ4v) is 2.11. The second-order valence-electron chi connectivity index (χ2n) is 4.78. The van der Waals surface area contributed by atoms with Gasteiger partial charge in [0, 0.05) is 10.3 Å². The molecule has 15 heavy (non-hydrogen) atoms. The molecule has 2 heteroatoms. The van der Waals surface area contributed by atoms with Crippen molar-refractivity contribution in [1.29, 1.82) is 0 Å². The Morgan fingerprint density at radius 2 is 1.67 bits per heavy atom. The molecule has 0 radical (unpaired) electrons. The molecule has 1 atom stereocenters. The molecular formula is C13H18OS. The average Bonchev–Trinajstić information content (AvgIpc) is 2.14. The van der Waals surface area contributed by atoms with E-state index in [1.165, 1.54) is 5.56 Å². The number of hydrogen-bond acceptors (Lipinski definition) is 1. The predicted molar refractivity (Wildman–Crippen MR) is 66.2 cm³/mol. The molecular weight excluding hydrogens is 204 g/mol. The molecule has 0 heterocycles.